The van der Waals surface area contributed by atoms with Crippen LogP contribution in [0.2, 0.25) is 0 Å². The molecule has 0 saturated heterocycles. The minimum Gasteiger partial charge on any atom is -0.341 e. The van der Waals surface area contributed by atoms with Crippen molar-refractivity contribution in [2.75, 3.05) is 11.4 Å². The lowest BCUT2D eigenvalue weighted by molar-refractivity contribution is -0.137. The van der Waals surface area contributed by atoms with Crippen molar-refractivity contribution in [1.82, 2.24) is 4.98 Å². The Kier molecular flexibility index (Phi) is 4.08. The van der Waals surface area contributed by atoms with E-state index in [2.05, 4.69) is 11.1 Å². The number of fused-ring (bicyclic) bond motifs is 1. The predicted molar refractivity (Wildman–Crippen MR) is 96.5 cm³/mol. The van der Waals surface area contributed by atoms with Gasteiger partial charge in [-0.2, -0.15) is 18.4 Å². The van der Waals surface area contributed by atoms with Crippen molar-refractivity contribution in [3.63, 3.8) is 0 Å². The first-order chi connectivity index (χ1) is 13.0. The Morgan fingerprint density at radius 1 is 1.04 bits per heavy atom. The highest BCUT2D eigenvalue weighted by atomic mass is 19.4. The van der Waals surface area contributed by atoms with Crippen LogP contribution in [0, 0.1) is 11.3 Å². The molecule has 0 bridgehead atoms. The summed E-state index contributed by atoms with van der Waals surface area (Å²) in [6, 6.07) is 15.2. The SMILES string of the molecule is N#Cc1ccc(N2CCc3cc(-c4cccnc4)ccc32)cc1C(F)(F)F. The average Bonchev–Trinajstić information content (AvgIpc) is 3.10. The molecule has 4 rings (SSSR count). The molecule has 134 valence electrons. The molecule has 1 aliphatic heterocycles. The summed E-state index contributed by atoms with van der Waals surface area (Å²) in [5.74, 6) is 0. The number of hydrogen-bond donors (Lipinski definition) is 0. The van der Waals surface area contributed by atoms with E-state index in [1.807, 2.05) is 29.2 Å². The Morgan fingerprint density at radius 3 is 2.59 bits per heavy atom. The molecule has 2 aromatic carbocycles. The van der Waals surface area contributed by atoms with Gasteiger partial charge in [0.25, 0.3) is 0 Å². The van der Waals surface area contributed by atoms with E-state index >= 15 is 0 Å². The standard InChI is InChI=1S/C21H14F3N3/c22-21(23,24)19-11-18(5-3-16(19)12-25)27-9-7-15-10-14(4-6-20(15)27)17-2-1-8-26-13-17/h1-6,8,10-11,13H,7,9H2. The number of alkyl halides is 3. The van der Waals surface area contributed by atoms with Gasteiger partial charge >= 0.3 is 6.18 Å². The molecule has 0 aliphatic carbocycles. The van der Waals surface area contributed by atoms with Crippen LogP contribution in [-0.2, 0) is 12.6 Å². The summed E-state index contributed by atoms with van der Waals surface area (Å²) < 4.78 is 39.8. The van der Waals surface area contributed by atoms with E-state index in [4.69, 9.17) is 5.26 Å². The Bertz CT molecular complexity index is 1040. The van der Waals surface area contributed by atoms with Crippen molar-refractivity contribution in [2.45, 2.75) is 12.6 Å². The van der Waals surface area contributed by atoms with Gasteiger partial charge in [-0.05, 0) is 59.5 Å². The van der Waals surface area contributed by atoms with E-state index in [1.54, 1.807) is 24.5 Å². The lowest BCUT2D eigenvalue weighted by Crippen LogP contribution is -2.15. The second-order valence-corrected chi connectivity index (χ2v) is 6.33. The van der Waals surface area contributed by atoms with Gasteiger partial charge in [0.1, 0.15) is 0 Å². The van der Waals surface area contributed by atoms with Crippen molar-refractivity contribution in [3.8, 4) is 17.2 Å². The summed E-state index contributed by atoms with van der Waals surface area (Å²) in [7, 11) is 0. The quantitative estimate of drug-likeness (QED) is 0.616. The van der Waals surface area contributed by atoms with Gasteiger partial charge in [0.15, 0.2) is 0 Å². The van der Waals surface area contributed by atoms with Crippen molar-refractivity contribution in [2.24, 2.45) is 0 Å². The summed E-state index contributed by atoms with van der Waals surface area (Å²) in [5.41, 5.74) is 3.17. The summed E-state index contributed by atoms with van der Waals surface area (Å²) in [5, 5.41) is 8.97. The molecule has 1 aromatic heterocycles. The number of nitriles is 1. The van der Waals surface area contributed by atoms with Crippen LogP contribution in [0.15, 0.2) is 60.9 Å². The second-order valence-electron chi connectivity index (χ2n) is 6.33. The van der Waals surface area contributed by atoms with Crippen molar-refractivity contribution in [1.29, 1.82) is 5.26 Å². The Morgan fingerprint density at radius 2 is 1.89 bits per heavy atom. The molecule has 2 heterocycles. The highest BCUT2D eigenvalue weighted by Gasteiger charge is 2.34. The van der Waals surface area contributed by atoms with Gasteiger partial charge in [-0.15, -0.1) is 0 Å². The van der Waals surface area contributed by atoms with Crippen LogP contribution in [0.1, 0.15) is 16.7 Å². The zero-order chi connectivity index (χ0) is 19.0. The largest absolute Gasteiger partial charge is 0.417 e. The van der Waals surface area contributed by atoms with Gasteiger partial charge in [-0.25, -0.2) is 0 Å². The molecule has 0 atom stereocenters. The fourth-order valence-corrected chi connectivity index (χ4v) is 3.42. The van der Waals surface area contributed by atoms with Crippen LogP contribution < -0.4 is 4.90 Å². The topological polar surface area (TPSA) is 39.9 Å². The lowest BCUT2D eigenvalue weighted by Gasteiger charge is -2.21. The van der Waals surface area contributed by atoms with Crippen LogP contribution in [0.3, 0.4) is 0 Å². The summed E-state index contributed by atoms with van der Waals surface area (Å²) >= 11 is 0. The van der Waals surface area contributed by atoms with Gasteiger partial charge < -0.3 is 4.90 Å². The van der Waals surface area contributed by atoms with Crippen LogP contribution in [-0.4, -0.2) is 11.5 Å². The molecular weight excluding hydrogens is 351 g/mol. The first-order valence-electron chi connectivity index (χ1n) is 8.39. The van der Waals surface area contributed by atoms with E-state index < -0.39 is 11.7 Å². The van der Waals surface area contributed by atoms with E-state index in [0.29, 0.717) is 12.2 Å². The molecule has 0 spiro atoms. The van der Waals surface area contributed by atoms with E-state index in [1.165, 1.54) is 6.07 Å². The second kappa shape index (κ2) is 6.44. The molecular formula is C21H14F3N3. The number of rotatable bonds is 2. The van der Waals surface area contributed by atoms with Gasteiger partial charge in [0, 0.05) is 30.3 Å². The molecule has 0 amide bonds. The van der Waals surface area contributed by atoms with Crippen molar-refractivity contribution >= 4 is 11.4 Å². The predicted octanol–water partition coefficient (Wildman–Crippen LogP) is 5.33. The molecule has 3 aromatic rings. The maximum absolute atomic E-state index is 13.3. The number of anilines is 2. The van der Waals surface area contributed by atoms with Crippen LogP contribution in [0.25, 0.3) is 11.1 Å². The van der Waals surface area contributed by atoms with E-state index in [-0.39, 0.29) is 5.56 Å². The molecule has 0 radical (unpaired) electrons. The minimum absolute atomic E-state index is 0.363. The zero-order valence-corrected chi connectivity index (χ0v) is 14.2. The maximum Gasteiger partial charge on any atom is 0.417 e. The van der Waals surface area contributed by atoms with Crippen molar-refractivity contribution in [3.05, 3.63) is 77.6 Å². The number of benzene rings is 2. The van der Waals surface area contributed by atoms with Crippen LogP contribution in [0.5, 0.6) is 0 Å². The molecule has 0 saturated carbocycles. The fourth-order valence-electron chi connectivity index (χ4n) is 3.42. The maximum atomic E-state index is 13.3. The monoisotopic (exact) mass is 365 g/mol. The van der Waals surface area contributed by atoms with E-state index in [0.717, 1.165) is 34.9 Å². The third-order valence-corrected chi connectivity index (χ3v) is 4.71. The molecule has 3 nitrogen and oxygen atoms in total. The van der Waals surface area contributed by atoms with Gasteiger partial charge in [-0.1, -0.05) is 12.1 Å². The number of nitrogens with zero attached hydrogens (tertiary/aromatic N) is 3. The van der Waals surface area contributed by atoms with Crippen molar-refractivity contribution < 1.29 is 13.2 Å². The van der Waals surface area contributed by atoms with Crippen LogP contribution >= 0.6 is 0 Å². The molecule has 6 heteroatoms. The Balaban J connectivity index is 1.72. The number of pyridine rings is 1. The third-order valence-electron chi connectivity index (χ3n) is 4.71. The fraction of sp³-hybridized carbons (Fsp3) is 0.143. The highest BCUT2D eigenvalue weighted by Crippen LogP contribution is 2.40. The molecule has 0 fully saturated rings. The Hall–Kier alpha value is -3.33. The first-order valence-corrected chi connectivity index (χ1v) is 8.39. The number of aromatic nitrogens is 1. The highest BCUT2D eigenvalue weighted by molar-refractivity contribution is 5.75. The summed E-state index contributed by atoms with van der Waals surface area (Å²) in [6.45, 7) is 0.592. The molecule has 27 heavy (non-hydrogen) atoms. The smallest absolute Gasteiger partial charge is 0.341 e. The van der Waals surface area contributed by atoms with Gasteiger partial charge in [0.05, 0.1) is 17.2 Å². The molecule has 0 unspecified atom stereocenters. The lowest BCUT2D eigenvalue weighted by atomic mass is 10.0. The van der Waals surface area contributed by atoms with Gasteiger partial charge in [-0.3, -0.25) is 4.98 Å². The minimum atomic E-state index is -4.56. The number of hydrogen-bond acceptors (Lipinski definition) is 3. The third kappa shape index (κ3) is 3.13. The molecule has 1 aliphatic rings. The number of halogens is 3. The first kappa shape index (κ1) is 17.1. The zero-order valence-electron chi connectivity index (χ0n) is 14.2. The normalized spacial score (nSPS) is 13.3. The average molecular weight is 365 g/mol. The van der Waals surface area contributed by atoms with Gasteiger partial charge in [0.2, 0.25) is 0 Å². The molecule has 0 N–H and O–H groups in total. The summed E-state index contributed by atoms with van der Waals surface area (Å²) in [6.07, 6.45) is -0.328. The van der Waals surface area contributed by atoms with Crippen LogP contribution in [0.4, 0.5) is 24.5 Å². The summed E-state index contributed by atoms with van der Waals surface area (Å²) in [4.78, 5) is 5.98. The van der Waals surface area contributed by atoms with E-state index in [9.17, 15) is 13.2 Å². The Labute approximate surface area is 154 Å².